The van der Waals surface area contributed by atoms with Crippen LogP contribution in [0.15, 0.2) is 0 Å². The van der Waals surface area contributed by atoms with Gasteiger partial charge in [0.15, 0.2) is 0 Å². The Kier molecular flexibility index (Phi) is 9.74. The van der Waals surface area contributed by atoms with Crippen LogP contribution in [0.4, 0.5) is 0 Å². The second kappa shape index (κ2) is 14.9. The van der Waals surface area contributed by atoms with Gasteiger partial charge in [-0.3, -0.25) is 28.8 Å². The van der Waals surface area contributed by atoms with Crippen LogP contribution in [0.25, 0.3) is 0 Å². The maximum atomic E-state index is 13.7. The molecule has 366 valence electrons. The second-order valence-electron chi connectivity index (χ2n) is 24.4. The number of ether oxygens (including phenoxy) is 8. The third-order valence-corrected chi connectivity index (χ3v) is 20.8. The zero-order valence-electron chi connectivity index (χ0n) is 38.5. The summed E-state index contributed by atoms with van der Waals surface area (Å²) in [6.45, 7) is 9.43. The van der Waals surface area contributed by atoms with E-state index < -0.39 is 89.6 Å². The summed E-state index contributed by atoms with van der Waals surface area (Å²) in [6, 6.07) is 0. The minimum atomic E-state index is -1.24. The van der Waals surface area contributed by atoms with Gasteiger partial charge in [-0.25, -0.2) is 0 Å². The van der Waals surface area contributed by atoms with Crippen LogP contribution in [-0.2, 0) is 66.7 Å². The molecule has 0 aromatic rings. The summed E-state index contributed by atoms with van der Waals surface area (Å²) in [6.07, 6.45) is 0.497. The average molecular weight is 937 g/mol. The highest BCUT2D eigenvalue weighted by Gasteiger charge is 2.77. The van der Waals surface area contributed by atoms with Crippen molar-refractivity contribution in [2.24, 2.45) is 118 Å². The van der Waals surface area contributed by atoms with E-state index in [-0.39, 0.29) is 133 Å². The Hall–Kier alpha value is -3.22. The van der Waals surface area contributed by atoms with Crippen LogP contribution in [0.1, 0.15) is 73.1 Å². The number of aliphatic carboxylic acids is 2. The van der Waals surface area contributed by atoms with Crippen molar-refractivity contribution < 1.29 is 82.0 Å². The highest BCUT2D eigenvalue weighted by molar-refractivity contribution is 5.96. The van der Waals surface area contributed by atoms with Crippen molar-refractivity contribution in [2.45, 2.75) is 140 Å². The van der Waals surface area contributed by atoms with Crippen LogP contribution < -0.4 is 0 Å². The van der Waals surface area contributed by atoms with Crippen LogP contribution in [0, 0.1) is 118 Å². The fourth-order valence-electron chi connectivity index (χ4n) is 18.9. The first-order valence-electron chi connectivity index (χ1n) is 25.4. The molecule has 0 spiro atoms. The second-order valence-corrected chi connectivity index (χ2v) is 24.4. The number of carbonyl (C=O) groups excluding carboxylic acids is 4. The topological polar surface area (TPSA) is 237 Å². The number of esters is 4. The lowest BCUT2D eigenvalue weighted by Gasteiger charge is -2.47. The normalized spacial score (nSPS) is 56.0. The summed E-state index contributed by atoms with van der Waals surface area (Å²) in [4.78, 5) is 78.6. The molecule has 0 radical (unpaired) electrons. The number of fused-ring (bicyclic) bond motifs is 27. The monoisotopic (exact) mass is 936 g/mol. The van der Waals surface area contributed by atoms with Crippen LogP contribution in [0.5, 0.6) is 0 Å². The van der Waals surface area contributed by atoms with Crippen LogP contribution in [0.2, 0.25) is 0 Å². The molecule has 11 aliphatic heterocycles. The van der Waals surface area contributed by atoms with Crippen molar-refractivity contribution in [3.05, 3.63) is 0 Å². The molecular formula is C50H64O17. The smallest absolute Gasteiger partial charge is 0.317 e. The Balaban J connectivity index is 0.836. The zero-order valence-corrected chi connectivity index (χ0v) is 38.5. The highest BCUT2D eigenvalue weighted by atomic mass is 16.6. The number of carboxylic acids is 2. The lowest BCUT2D eigenvalue weighted by Crippen LogP contribution is -2.55. The minimum absolute atomic E-state index is 0.00387. The number of hydrogen-bond acceptors (Lipinski definition) is 15. The average Bonchev–Trinajstić information content (AvgIpc) is 4.10. The number of cyclic esters (lactones) is 2. The predicted molar refractivity (Wildman–Crippen MR) is 222 cm³/mol. The Bertz CT molecular complexity index is 2160. The first kappa shape index (κ1) is 43.8. The summed E-state index contributed by atoms with van der Waals surface area (Å²) in [5, 5.41) is 30.2. The number of hydrogen-bond donors (Lipinski definition) is 3. The Morgan fingerprint density at radius 2 is 1.15 bits per heavy atom. The fraction of sp³-hybridized carbons (Fsp3) is 0.880. The first-order valence-corrected chi connectivity index (χ1v) is 25.4. The largest absolute Gasteiger partial charge is 0.481 e. The molecular weight excluding hydrogens is 873 g/mol. The van der Waals surface area contributed by atoms with E-state index in [9.17, 15) is 44.1 Å². The van der Waals surface area contributed by atoms with Crippen LogP contribution in [0.3, 0.4) is 0 Å². The lowest BCUT2D eigenvalue weighted by molar-refractivity contribution is -0.164. The van der Waals surface area contributed by atoms with Crippen molar-refractivity contribution in [3.63, 3.8) is 0 Å². The molecule has 11 saturated heterocycles. The van der Waals surface area contributed by atoms with Gasteiger partial charge in [0.05, 0.1) is 103 Å². The van der Waals surface area contributed by atoms with Gasteiger partial charge in [-0.1, -0.05) is 13.8 Å². The van der Waals surface area contributed by atoms with E-state index in [0.717, 1.165) is 19.3 Å². The molecule has 13 fully saturated rings. The van der Waals surface area contributed by atoms with Gasteiger partial charge in [0.1, 0.15) is 12.2 Å². The quantitative estimate of drug-likeness (QED) is 0.145. The molecule has 11 heterocycles. The number of carboxylic acid groups (broad SMARTS) is 2. The van der Waals surface area contributed by atoms with E-state index in [0.29, 0.717) is 31.1 Å². The Labute approximate surface area is 388 Å². The minimum Gasteiger partial charge on any atom is -0.481 e. The van der Waals surface area contributed by atoms with E-state index in [4.69, 9.17) is 37.9 Å². The van der Waals surface area contributed by atoms with E-state index in [1.54, 1.807) is 6.92 Å². The summed E-state index contributed by atoms with van der Waals surface area (Å²) >= 11 is 0. The van der Waals surface area contributed by atoms with Crippen molar-refractivity contribution >= 4 is 35.8 Å². The molecule has 30 atom stereocenters. The maximum Gasteiger partial charge on any atom is 0.317 e. The maximum absolute atomic E-state index is 13.7. The van der Waals surface area contributed by atoms with E-state index in [1.807, 2.05) is 20.8 Å². The Morgan fingerprint density at radius 3 is 1.73 bits per heavy atom. The van der Waals surface area contributed by atoms with Crippen molar-refractivity contribution in [2.75, 3.05) is 13.2 Å². The predicted octanol–water partition coefficient (Wildman–Crippen LogP) is 2.75. The number of rotatable bonds is 12. The van der Waals surface area contributed by atoms with Gasteiger partial charge in [0.2, 0.25) is 0 Å². The summed E-state index contributed by atoms with van der Waals surface area (Å²) in [5.41, 5.74) is -0.568. The standard InChI is InChI=1S/C50H64O17/c1-14-17(36-28-19-8-16(27(28)35(14)62-36)9-24(19)49(59)67-50(3,4)5)10-20-22(38-30-29(37(20)63-38)26-13-25(41(30)61-26)47(57)60-7-6-51)12-23-21(11-18-15(2)46(56)66-48(18)58)39-31-32(40(23)64-39)43-34(45(54)55)33(44(52)53)42(31)65-43/h14-43,51H,6-13H2,1-5H3,(H,52,53)(H,54,55). The van der Waals surface area contributed by atoms with Crippen molar-refractivity contribution in [3.8, 4) is 0 Å². The Morgan fingerprint density at radius 1 is 0.597 bits per heavy atom. The first-order chi connectivity index (χ1) is 31.9. The van der Waals surface area contributed by atoms with E-state index in [2.05, 4.69) is 6.92 Å². The molecule has 2 saturated carbocycles. The third kappa shape index (κ3) is 5.93. The molecule has 0 aromatic heterocycles. The molecule has 17 heteroatoms. The van der Waals surface area contributed by atoms with Gasteiger partial charge in [-0.2, -0.15) is 0 Å². The van der Waals surface area contributed by atoms with Gasteiger partial charge >= 0.3 is 35.8 Å². The SMILES string of the molecule is CC1C(=O)OC(=O)C1CC1C(CC2C(CC3C(C)C4OC3C3C5CC(CC5C(=O)OC(C)(C)C)C43)C3OC2C2C4OC(CC4C(=O)OCCO)C32)C2OC1C1C3OC(C(C(=O)O)C3C(=O)O)C21. The van der Waals surface area contributed by atoms with Gasteiger partial charge in [-0.05, 0) is 118 Å². The van der Waals surface area contributed by atoms with Crippen molar-refractivity contribution in [1.82, 2.24) is 0 Å². The van der Waals surface area contributed by atoms with Crippen LogP contribution >= 0.6 is 0 Å². The number of aliphatic hydroxyl groups is 1. The van der Waals surface area contributed by atoms with E-state index >= 15 is 0 Å². The summed E-state index contributed by atoms with van der Waals surface area (Å²) in [5.74, 6) is -7.92. The van der Waals surface area contributed by atoms with Gasteiger partial charge in [0.25, 0.3) is 0 Å². The summed E-state index contributed by atoms with van der Waals surface area (Å²) in [7, 11) is 0. The van der Waals surface area contributed by atoms with Gasteiger partial charge in [0, 0.05) is 23.7 Å². The highest BCUT2D eigenvalue weighted by Crippen LogP contribution is 2.71. The van der Waals surface area contributed by atoms with Crippen LogP contribution in [-0.4, -0.2) is 131 Å². The van der Waals surface area contributed by atoms with Gasteiger partial charge in [-0.15, -0.1) is 0 Å². The fourth-order valence-corrected chi connectivity index (χ4v) is 18.9. The molecule has 12 bridgehead atoms. The number of carbonyl (C=O) groups is 6. The van der Waals surface area contributed by atoms with Crippen molar-refractivity contribution in [1.29, 1.82) is 0 Å². The zero-order chi connectivity index (χ0) is 46.6. The molecule has 30 unspecified atom stereocenters. The third-order valence-electron chi connectivity index (χ3n) is 20.8. The molecule has 67 heavy (non-hydrogen) atoms. The molecule has 0 aromatic carbocycles. The number of aliphatic hydroxyl groups excluding tert-OH is 1. The summed E-state index contributed by atoms with van der Waals surface area (Å²) < 4.78 is 50.9. The molecule has 13 rings (SSSR count). The molecule has 13 aliphatic rings. The molecule has 17 nitrogen and oxygen atoms in total. The molecule has 3 N–H and O–H groups in total. The molecule has 0 amide bonds. The van der Waals surface area contributed by atoms with Gasteiger partial charge < -0.3 is 53.2 Å². The molecule has 2 aliphatic carbocycles. The van der Waals surface area contributed by atoms with E-state index in [1.165, 1.54) is 0 Å². The lowest BCUT2D eigenvalue weighted by atomic mass is 9.53.